The molecule has 0 saturated heterocycles. The molecule has 1 rings (SSSR count). The summed E-state index contributed by atoms with van der Waals surface area (Å²) >= 11 is 1.92. The Morgan fingerprint density at radius 3 is 2.30 bits per heavy atom. The van der Waals surface area contributed by atoms with Gasteiger partial charge in [-0.05, 0) is 44.7 Å². The third kappa shape index (κ3) is 7.41. The molecule has 0 saturated carbocycles. The second kappa shape index (κ2) is 9.54. The maximum Gasteiger partial charge on any atom is 0.0608 e. The van der Waals surface area contributed by atoms with E-state index >= 15 is 0 Å². The largest absolute Gasteiger partial charge is 0.394 e. The molecule has 1 aromatic heterocycles. The van der Waals surface area contributed by atoms with Crippen LogP contribution in [0, 0.1) is 0 Å². The van der Waals surface area contributed by atoms with Crippen molar-refractivity contribution in [3.63, 3.8) is 0 Å². The van der Waals surface area contributed by atoms with Crippen LogP contribution in [0.1, 0.15) is 68.5 Å². The maximum absolute atomic E-state index is 9.16. The third-order valence-corrected chi connectivity index (χ3v) is 5.00. The number of thiophene rings is 1. The summed E-state index contributed by atoms with van der Waals surface area (Å²) in [6.45, 7) is 4.23. The van der Waals surface area contributed by atoms with Crippen molar-refractivity contribution in [2.24, 2.45) is 5.73 Å². The standard InChI is InChI=1S/C17H31NOS/c1-3-4-5-6-7-8-9-15-10-11-16(20-15)12-13-17(2,18)14-19/h10-11,19H,3-9,12-14,18H2,1-2H3. The first-order valence-electron chi connectivity index (χ1n) is 8.05. The third-order valence-electron chi connectivity index (χ3n) is 3.80. The van der Waals surface area contributed by atoms with E-state index in [4.69, 9.17) is 10.8 Å². The van der Waals surface area contributed by atoms with Crippen LogP contribution in [0.2, 0.25) is 0 Å². The van der Waals surface area contributed by atoms with Gasteiger partial charge >= 0.3 is 0 Å². The Morgan fingerprint density at radius 1 is 1.05 bits per heavy atom. The van der Waals surface area contributed by atoms with Crippen molar-refractivity contribution in [1.82, 2.24) is 0 Å². The van der Waals surface area contributed by atoms with E-state index in [2.05, 4.69) is 19.1 Å². The summed E-state index contributed by atoms with van der Waals surface area (Å²) < 4.78 is 0. The molecule has 0 radical (unpaired) electrons. The van der Waals surface area contributed by atoms with Gasteiger partial charge in [-0.25, -0.2) is 0 Å². The van der Waals surface area contributed by atoms with Crippen LogP contribution in [0.5, 0.6) is 0 Å². The SMILES string of the molecule is CCCCCCCCc1ccc(CCC(C)(N)CO)s1. The van der Waals surface area contributed by atoms with Gasteiger partial charge in [-0.2, -0.15) is 0 Å². The molecule has 0 bridgehead atoms. The van der Waals surface area contributed by atoms with Gasteiger partial charge in [0.05, 0.1) is 6.61 Å². The topological polar surface area (TPSA) is 46.2 Å². The lowest BCUT2D eigenvalue weighted by Gasteiger charge is -2.20. The van der Waals surface area contributed by atoms with E-state index in [1.165, 1.54) is 54.7 Å². The molecule has 0 spiro atoms. The Morgan fingerprint density at radius 2 is 1.65 bits per heavy atom. The van der Waals surface area contributed by atoms with E-state index in [1.807, 2.05) is 18.3 Å². The zero-order valence-electron chi connectivity index (χ0n) is 13.2. The molecule has 0 aliphatic rings. The average Bonchev–Trinajstić information content (AvgIpc) is 2.89. The van der Waals surface area contributed by atoms with Gasteiger partial charge in [-0.3, -0.25) is 0 Å². The molecule has 3 heteroatoms. The van der Waals surface area contributed by atoms with Crippen molar-refractivity contribution in [3.05, 3.63) is 21.9 Å². The number of unbranched alkanes of at least 4 members (excludes halogenated alkanes) is 5. The van der Waals surface area contributed by atoms with Crippen molar-refractivity contribution in [1.29, 1.82) is 0 Å². The molecule has 116 valence electrons. The smallest absolute Gasteiger partial charge is 0.0608 e. The molecule has 0 aromatic carbocycles. The quantitative estimate of drug-likeness (QED) is 0.598. The van der Waals surface area contributed by atoms with E-state index in [-0.39, 0.29) is 6.61 Å². The predicted molar refractivity (Wildman–Crippen MR) is 89.4 cm³/mol. The number of hydrogen-bond donors (Lipinski definition) is 2. The number of aliphatic hydroxyl groups excluding tert-OH is 1. The van der Waals surface area contributed by atoms with Gasteiger partial charge in [0.1, 0.15) is 0 Å². The molecule has 3 N–H and O–H groups in total. The highest BCUT2D eigenvalue weighted by atomic mass is 32.1. The summed E-state index contributed by atoms with van der Waals surface area (Å²) in [6, 6.07) is 4.49. The Hall–Kier alpha value is -0.380. The lowest BCUT2D eigenvalue weighted by molar-refractivity contribution is 0.201. The minimum Gasteiger partial charge on any atom is -0.394 e. The Kier molecular flexibility index (Phi) is 8.43. The van der Waals surface area contributed by atoms with Crippen molar-refractivity contribution in [2.75, 3.05) is 6.61 Å². The number of hydrogen-bond acceptors (Lipinski definition) is 3. The number of aliphatic hydroxyl groups is 1. The summed E-state index contributed by atoms with van der Waals surface area (Å²) in [5, 5.41) is 9.16. The molecule has 1 heterocycles. The van der Waals surface area contributed by atoms with Crippen LogP contribution in [0.15, 0.2) is 12.1 Å². The van der Waals surface area contributed by atoms with Gasteiger partial charge in [-0.1, -0.05) is 39.0 Å². The Labute approximate surface area is 128 Å². The first-order valence-corrected chi connectivity index (χ1v) is 8.86. The van der Waals surface area contributed by atoms with E-state index in [0.29, 0.717) is 0 Å². The summed E-state index contributed by atoms with van der Waals surface area (Å²) in [6.07, 6.45) is 11.2. The molecule has 20 heavy (non-hydrogen) atoms. The van der Waals surface area contributed by atoms with Gasteiger partial charge in [0.25, 0.3) is 0 Å². The molecular formula is C17H31NOS. The van der Waals surface area contributed by atoms with Gasteiger partial charge in [0, 0.05) is 15.3 Å². The lowest BCUT2D eigenvalue weighted by Crippen LogP contribution is -2.40. The Bertz CT molecular complexity index is 360. The minimum absolute atomic E-state index is 0.0585. The number of aryl methyl sites for hydroxylation is 2. The summed E-state index contributed by atoms with van der Waals surface area (Å²) in [4.78, 5) is 2.90. The van der Waals surface area contributed by atoms with Crippen molar-refractivity contribution >= 4 is 11.3 Å². The van der Waals surface area contributed by atoms with E-state index in [1.54, 1.807) is 0 Å². The van der Waals surface area contributed by atoms with Crippen LogP contribution in [-0.2, 0) is 12.8 Å². The molecule has 2 nitrogen and oxygen atoms in total. The van der Waals surface area contributed by atoms with Crippen LogP contribution in [0.3, 0.4) is 0 Å². The molecule has 0 aliphatic carbocycles. The van der Waals surface area contributed by atoms with E-state index in [9.17, 15) is 0 Å². The summed E-state index contributed by atoms with van der Waals surface area (Å²) in [5.74, 6) is 0. The van der Waals surface area contributed by atoms with Crippen molar-refractivity contribution in [2.45, 2.75) is 77.2 Å². The highest BCUT2D eigenvalue weighted by Crippen LogP contribution is 2.22. The Balaban J connectivity index is 2.19. The molecule has 1 unspecified atom stereocenters. The first kappa shape index (κ1) is 17.7. The summed E-state index contributed by atoms with van der Waals surface area (Å²) in [7, 11) is 0. The van der Waals surface area contributed by atoms with Gasteiger partial charge < -0.3 is 10.8 Å². The van der Waals surface area contributed by atoms with Crippen LogP contribution in [0.4, 0.5) is 0 Å². The molecule has 0 aliphatic heterocycles. The highest BCUT2D eigenvalue weighted by molar-refractivity contribution is 7.11. The highest BCUT2D eigenvalue weighted by Gasteiger charge is 2.16. The van der Waals surface area contributed by atoms with Gasteiger partial charge in [0.15, 0.2) is 0 Å². The van der Waals surface area contributed by atoms with Crippen LogP contribution in [0.25, 0.3) is 0 Å². The summed E-state index contributed by atoms with van der Waals surface area (Å²) in [5.41, 5.74) is 5.52. The number of nitrogens with two attached hydrogens (primary N) is 1. The fraction of sp³-hybridized carbons (Fsp3) is 0.765. The van der Waals surface area contributed by atoms with Crippen LogP contribution >= 0.6 is 11.3 Å². The van der Waals surface area contributed by atoms with Gasteiger partial charge in [0.2, 0.25) is 0 Å². The lowest BCUT2D eigenvalue weighted by atomic mass is 9.98. The molecule has 1 atom stereocenters. The van der Waals surface area contributed by atoms with Crippen LogP contribution < -0.4 is 5.73 Å². The van der Waals surface area contributed by atoms with Gasteiger partial charge in [-0.15, -0.1) is 11.3 Å². The molecule has 0 amide bonds. The average molecular weight is 298 g/mol. The second-order valence-electron chi connectivity index (χ2n) is 6.20. The van der Waals surface area contributed by atoms with Crippen molar-refractivity contribution in [3.8, 4) is 0 Å². The normalized spacial score (nSPS) is 14.4. The number of rotatable bonds is 11. The molecule has 1 aromatic rings. The monoisotopic (exact) mass is 297 g/mol. The fourth-order valence-electron chi connectivity index (χ4n) is 2.26. The molecular weight excluding hydrogens is 266 g/mol. The predicted octanol–water partition coefficient (Wildman–Crippen LogP) is 4.29. The molecule has 0 fully saturated rings. The zero-order chi connectivity index (χ0) is 14.8. The maximum atomic E-state index is 9.16. The van der Waals surface area contributed by atoms with Crippen molar-refractivity contribution < 1.29 is 5.11 Å². The first-order chi connectivity index (χ1) is 9.57. The second-order valence-corrected chi connectivity index (χ2v) is 7.45. The van der Waals surface area contributed by atoms with E-state index in [0.717, 1.165) is 12.8 Å². The van der Waals surface area contributed by atoms with Crippen LogP contribution in [-0.4, -0.2) is 17.3 Å². The van der Waals surface area contributed by atoms with E-state index < -0.39 is 5.54 Å². The fourth-order valence-corrected chi connectivity index (χ4v) is 3.32. The minimum atomic E-state index is -0.441. The zero-order valence-corrected chi connectivity index (χ0v) is 14.0.